The number of hydrogen-bond donors (Lipinski definition) is 0. The number of piperidine rings is 1. The van der Waals surface area contributed by atoms with Crippen LogP contribution in [0.25, 0.3) is 5.65 Å². The maximum atomic E-state index is 13.1. The number of carbonyl (C=O) groups excluding carboxylic acids is 1. The van der Waals surface area contributed by atoms with Crippen molar-refractivity contribution in [3.05, 3.63) is 53.2 Å². The topological polar surface area (TPSA) is 72.6 Å². The van der Waals surface area contributed by atoms with Crippen molar-refractivity contribution >= 4 is 23.2 Å². The molecule has 1 aliphatic heterocycles. The van der Waals surface area contributed by atoms with Gasteiger partial charge in [-0.05, 0) is 31.9 Å². The molecule has 4 rings (SSSR count). The lowest BCUT2D eigenvalue weighted by atomic mass is 10.1. The fourth-order valence-corrected chi connectivity index (χ4v) is 3.35. The van der Waals surface area contributed by atoms with E-state index in [0.717, 1.165) is 24.2 Å². The SMILES string of the molecule is Cc1nc2ccccn2c1C(=O)N1CCC[C@H](Oc2ncc(Cl)cn2)C1. The van der Waals surface area contributed by atoms with Gasteiger partial charge in [-0.3, -0.25) is 9.20 Å². The molecule has 3 aromatic heterocycles. The molecule has 3 aromatic rings. The molecular weight excluding hydrogens is 354 g/mol. The molecule has 1 atom stereocenters. The van der Waals surface area contributed by atoms with Gasteiger partial charge in [-0.25, -0.2) is 15.0 Å². The molecule has 4 heterocycles. The highest BCUT2D eigenvalue weighted by molar-refractivity contribution is 6.30. The lowest BCUT2D eigenvalue weighted by Gasteiger charge is -2.32. The van der Waals surface area contributed by atoms with Crippen molar-refractivity contribution in [1.29, 1.82) is 0 Å². The lowest BCUT2D eigenvalue weighted by Crippen LogP contribution is -2.45. The molecule has 0 aromatic carbocycles. The number of likely N-dealkylation sites (tertiary alicyclic amines) is 1. The van der Waals surface area contributed by atoms with Gasteiger partial charge >= 0.3 is 6.01 Å². The van der Waals surface area contributed by atoms with Gasteiger partial charge in [0.25, 0.3) is 5.91 Å². The summed E-state index contributed by atoms with van der Waals surface area (Å²) >= 11 is 5.80. The monoisotopic (exact) mass is 371 g/mol. The van der Waals surface area contributed by atoms with E-state index < -0.39 is 0 Å². The van der Waals surface area contributed by atoms with Crippen LogP contribution in [0.2, 0.25) is 5.02 Å². The summed E-state index contributed by atoms with van der Waals surface area (Å²) in [5.74, 6) is -0.0356. The van der Waals surface area contributed by atoms with E-state index >= 15 is 0 Å². The maximum Gasteiger partial charge on any atom is 0.316 e. The van der Waals surface area contributed by atoms with Gasteiger partial charge < -0.3 is 9.64 Å². The Morgan fingerprint density at radius 3 is 2.92 bits per heavy atom. The molecule has 7 nitrogen and oxygen atoms in total. The fourth-order valence-electron chi connectivity index (χ4n) is 3.25. The number of fused-ring (bicyclic) bond motifs is 1. The van der Waals surface area contributed by atoms with Crippen molar-refractivity contribution in [2.75, 3.05) is 13.1 Å². The smallest absolute Gasteiger partial charge is 0.316 e. The van der Waals surface area contributed by atoms with Crippen molar-refractivity contribution in [2.45, 2.75) is 25.9 Å². The molecule has 0 N–H and O–H groups in total. The first-order valence-electron chi connectivity index (χ1n) is 8.49. The van der Waals surface area contributed by atoms with E-state index in [0.29, 0.717) is 23.8 Å². The number of aromatic nitrogens is 4. The second kappa shape index (κ2) is 6.92. The lowest BCUT2D eigenvalue weighted by molar-refractivity contribution is 0.0509. The van der Waals surface area contributed by atoms with Crippen LogP contribution < -0.4 is 4.74 Å². The largest absolute Gasteiger partial charge is 0.458 e. The highest BCUT2D eigenvalue weighted by Crippen LogP contribution is 2.20. The number of halogens is 1. The molecule has 0 radical (unpaired) electrons. The molecule has 26 heavy (non-hydrogen) atoms. The summed E-state index contributed by atoms with van der Waals surface area (Å²) in [6, 6.07) is 5.97. The predicted molar refractivity (Wildman–Crippen MR) is 96.5 cm³/mol. The van der Waals surface area contributed by atoms with E-state index in [2.05, 4.69) is 15.0 Å². The first-order chi connectivity index (χ1) is 12.6. The number of amides is 1. The molecule has 0 spiro atoms. The Morgan fingerprint density at radius 2 is 2.12 bits per heavy atom. The Hall–Kier alpha value is -2.67. The van der Waals surface area contributed by atoms with Gasteiger partial charge in [-0.2, -0.15) is 0 Å². The molecule has 8 heteroatoms. The predicted octanol–water partition coefficient (Wildman–Crippen LogP) is 2.77. The van der Waals surface area contributed by atoms with Gasteiger partial charge in [0.05, 0.1) is 29.7 Å². The third-order valence-electron chi connectivity index (χ3n) is 4.44. The molecule has 1 saturated heterocycles. The molecule has 1 aliphatic rings. The van der Waals surface area contributed by atoms with E-state index in [1.54, 1.807) is 0 Å². The van der Waals surface area contributed by atoms with Gasteiger partial charge in [-0.1, -0.05) is 17.7 Å². The maximum absolute atomic E-state index is 13.1. The van der Waals surface area contributed by atoms with Crippen LogP contribution in [0.3, 0.4) is 0 Å². The summed E-state index contributed by atoms with van der Waals surface area (Å²) in [7, 11) is 0. The molecule has 0 bridgehead atoms. The molecule has 0 aliphatic carbocycles. The number of rotatable bonds is 3. The van der Waals surface area contributed by atoms with E-state index in [1.807, 2.05) is 40.6 Å². The Labute approximate surface area is 155 Å². The van der Waals surface area contributed by atoms with Crippen molar-refractivity contribution in [3.8, 4) is 6.01 Å². The van der Waals surface area contributed by atoms with Crippen LogP contribution in [0.1, 0.15) is 29.0 Å². The van der Waals surface area contributed by atoms with Crippen LogP contribution in [-0.2, 0) is 0 Å². The summed E-state index contributed by atoms with van der Waals surface area (Å²) in [6.45, 7) is 3.05. The van der Waals surface area contributed by atoms with E-state index in [9.17, 15) is 4.79 Å². The number of carbonyl (C=O) groups is 1. The van der Waals surface area contributed by atoms with E-state index in [4.69, 9.17) is 16.3 Å². The third kappa shape index (κ3) is 3.22. The minimum Gasteiger partial charge on any atom is -0.458 e. The second-order valence-electron chi connectivity index (χ2n) is 6.29. The average molecular weight is 372 g/mol. The molecule has 1 fully saturated rings. The Kier molecular flexibility index (Phi) is 4.46. The Balaban J connectivity index is 1.52. The van der Waals surface area contributed by atoms with Crippen LogP contribution in [0.5, 0.6) is 6.01 Å². The summed E-state index contributed by atoms with van der Waals surface area (Å²) < 4.78 is 7.67. The van der Waals surface area contributed by atoms with E-state index in [-0.39, 0.29) is 18.0 Å². The van der Waals surface area contributed by atoms with Crippen LogP contribution >= 0.6 is 11.6 Å². The summed E-state index contributed by atoms with van der Waals surface area (Å²) in [5.41, 5.74) is 2.10. The first-order valence-corrected chi connectivity index (χ1v) is 8.87. The number of imidazole rings is 1. The summed E-state index contributed by atoms with van der Waals surface area (Å²) in [4.78, 5) is 27.5. The van der Waals surface area contributed by atoms with Crippen molar-refractivity contribution in [2.24, 2.45) is 0 Å². The van der Waals surface area contributed by atoms with Gasteiger partial charge in [0.15, 0.2) is 0 Å². The van der Waals surface area contributed by atoms with Gasteiger partial charge in [0.1, 0.15) is 17.4 Å². The highest BCUT2D eigenvalue weighted by Gasteiger charge is 2.29. The van der Waals surface area contributed by atoms with Gasteiger partial charge in [0, 0.05) is 12.7 Å². The second-order valence-corrected chi connectivity index (χ2v) is 6.73. The molecule has 0 unspecified atom stereocenters. The normalized spacial score (nSPS) is 17.5. The van der Waals surface area contributed by atoms with Gasteiger partial charge in [0.2, 0.25) is 0 Å². The van der Waals surface area contributed by atoms with E-state index in [1.165, 1.54) is 12.4 Å². The zero-order valence-corrected chi connectivity index (χ0v) is 15.1. The molecular formula is C18H18ClN5O2. The summed E-state index contributed by atoms with van der Waals surface area (Å²) in [6.07, 6.45) is 6.42. The van der Waals surface area contributed by atoms with Crippen molar-refractivity contribution < 1.29 is 9.53 Å². The Morgan fingerprint density at radius 1 is 1.31 bits per heavy atom. The zero-order chi connectivity index (χ0) is 18.1. The van der Waals surface area contributed by atoms with Crippen LogP contribution in [0.4, 0.5) is 0 Å². The number of hydrogen-bond acceptors (Lipinski definition) is 5. The van der Waals surface area contributed by atoms with Crippen LogP contribution in [-0.4, -0.2) is 49.4 Å². The zero-order valence-electron chi connectivity index (χ0n) is 14.3. The quantitative estimate of drug-likeness (QED) is 0.707. The minimum atomic E-state index is -0.145. The Bertz CT molecular complexity index is 940. The number of nitrogens with zero attached hydrogens (tertiary/aromatic N) is 5. The fraction of sp³-hybridized carbons (Fsp3) is 0.333. The molecule has 0 saturated carbocycles. The first kappa shape index (κ1) is 16.8. The van der Waals surface area contributed by atoms with Crippen molar-refractivity contribution in [1.82, 2.24) is 24.3 Å². The standard InChI is InChI=1S/C18H18ClN5O2/c1-12-16(24-8-3-2-6-15(24)22-12)17(25)23-7-4-5-14(11-23)26-18-20-9-13(19)10-21-18/h2-3,6,8-10,14H,4-5,7,11H2,1H3/t14-/m0/s1. The molecule has 134 valence electrons. The van der Waals surface area contributed by atoms with Crippen LogP contribution in [0.15, 0.2) is 36.8 Å². The molecule has 1 amide bonds. The van der Waals surface area contributed by atoms with Crippen LogP contribution in [0, 0.1) is 6.92 Å². The average Bonchev–Trinajstić information content (AvgIpc) is 2.99. The number of ether oxygens (including phenoxy) is 1. The highest BCUT2D eigenvalue weighted by atomic mass is 35.5. The number of aryl methyl sites for hydroxylation is 1. The third-order valence-corrected chi connectivity index (χ3v) is 4.64. The number of pyridine rings is 1. The minimum absolute atomic E-state index is 0.0356. The van der Waals surface area contributed by atoms with Gasteiger partial charge in [-0.15, -0.1) is 0 Å². The summed E-state index contributed by atoms with van der Waals surface area (Å²) in [5, 5.41) is 0.459. The van der Waals surface area contributed by atoms with Crippen molar-refractivity contribution in [3.63, 3.8) is 0 Å².